The monoisotopic (exact) mass is 440 g/mol. The van der Waals surface area contributed by atoms with E-state index in [1.165, 1.54) is 5.56 Å². The molecule has 4 heteroatoms. The number of nitrogens with zero attached hydrogens (tertiary/aromatic N) is 1. The van der Waals surface area contributed by atoms with Crippen LogP contribution < -0.4 is 5.32 Å². The average molecular weight is 441 g/mol. The molecule has 2 aliphatic heterocycles. The van der Waals surface area contributed by atoms with E-state index >= 15 is 0 Å². The number of hydrogen-bond donors (Lipinski definition) is 1. The van der Waals surface area contributed by atoms with E-state index < -0.39 is 5.54 Å². The van der Waals surface area contributed by atoms with Crippen LogP contribution in [-0.2, 0) is 10.3 Å². The van der Waals surface area contributed by atoms with E-state index in [0.717, 1.165) is 22.4 Å². The minimum atomic E-state index is -0.658. The van der Waals surface area contributed by atoms with Crippen LogP contribution in [-0.4, -0.2) is 27.0 Å². The van der Waals surface area contributed by atoms with Gasteiger partial charge in [-0.3, -0.25) is 15.0 Å². The minimum absolute atomic E-state index is 0.0424. The molecular formula is C28H28N2OS. The Labute approximate surface area is 194 Å². The molecule has 0 radical (unpaired) electrons. The van der Waals surface area contributed by atoms with Crippen molar-refractivity contribution in [3.63, 3.8) is 0 Å². The lowest BCUT2D eigenvalue weighted by molar-refractivity contribution is -0.143. The lowest BCUT2D eigenvalue weighted by atomic mass is 9.74. The number of fused-ring (bicyclic) bond motifs is 1. The summed E-state index contributed by atoms with van der Waals surface area (Å²) in [7, 11) is 0. The van der Waals surface area contributed by atoms with Crippen molar-refractivity contribution in [1.82, 2.24) is 10.2 Å². The quantitative estimate of drug-likeness (QED) is 0.423. The van der Waals surface area contributed by atoms with Crippen molar-refractivity contribution in [3.05, 3.63) is 119 Å². The first kappa shape index (κ1) is 21.0. The van der Waals surface area contributed by atoms with E-state index in [-0.39, 0.29) is 22.1 Å². The third-order valence-electron chi connectivity index (χ3n) is 6.78. The summed E-state index contributed by atoms with van der Waals surface area (Å²) in [6.07, 6.45) is 0. The molecule has 2 fully saturated rings. The average Bonchev–Trinajstić information content (AvgIpc) is 3.02. The van der Waals surface area contributed by atoms with E-state index in [2.05, 4.69) is 105 Å². The van der Waals surface area contributed by atoms with Gasteiger partial charge in [0.15, 0.2) is 0 Å². The number of amides is 1. The van der Waals surface area contributed by atoms with Crippen LogP contribution in [0.25, 0.3) is 0 Å². The molecule has 32 heavy (non-hydrogen) atoms. The van der Waals surface area contributed by atoms with E-state index in [1.807, 2.05) is 28.8 Å². The van der Waals surface area contributed by atoms with Crippen LogP contribution in [0, 0.1) is 6.92 Å². The van der Waals surface area contributed by atoms with Crippen LogP contribution in [0.4, 0.5) is 0 Å². The Hall–Kier alpha value is -2.82. The summed E-state index contributed by atoms with van der Waals surface area (Å²) in [6.45, 7) is 10.6. The topological polar surface area (TPSA) is 32.3 Å². The zero-order valence-electron chi connectivity index (χ0n) is 18.7. The molecule has 0 aromatic heterocycles. The Bertz CT molecular complexity index is 1130. The first-order chi connectivity index (χ1) is 15.4. The first-order valence-corrected chi connectivity index (χ1v) is 11.9. The van der Waals surface area contributed by atoms with Crippen molar-refractivity contribution >= 4 is 17.7 Å². The number of thioether (sulfide) groups is 1. The fourth-order valence-corrected chi connectivity index (χ4v) is 6.48. The summed E-state index contributed by atoms with van der Waals surface area (Å²) in [5, 5.41) is 3.93. The highest BCUT2D eigenvalue weighted by atomic mass is 32.2. The Morgan fingerprint density at radius 1 is 0.906 bits per heavy atom. The summed E-state index contributed by atoms with van der Waals surface area (Å²) in [5.74, 6) is 0.0999. The van der Waals surface area contributed by atoms with Crippen LogP contribution >= 0.6 is 11.8 Å². The van der Waals surface area contributed by atoms with Gasteiger partial charge >= 0.3 is 0 Å². The molecule has 2 heterocycles. The maximum Gasteiger partial charge on any atom is 0.248 e. The molecule has 3 nitrogen and oxygen atoms in total. The molecule has 0 saturated carbocycles. The van der Waals surface area contributed by atoms with Gasteiger partial charge < -0.3 is 0 Å². The summed E-state index contributed by atoms with van der Waals surface area (Å²) in [5.41, 5.74) is 4.82. The molecule has 3 aromatic rings. The van der Waals surface area contributed by atoms with Gasteiger partial charge in [0, 0.05) is 5.70 Å². The highest BCUT2D eigenvalue weighted by molar-refractivity contribution is 8.01. The number of benzene rings is 3. The summed E-state index contributed by atoms with van der Waals surface area (Å²) >= 11 is 1.81. The summed E-state index contributed by atoms with van der Waals surface area (Å²) in [6, 6.07) is 29.1. The molecular weight excluding hydrogens is 412 g/mol. The second kappa shape index (κ2) is 7.65. The standard InChI is InChI=1S/C28H28N2OS/c1-19-13-11-12-18-23(19)28(21-14-7-5-8-15-21,22-16-9-6-10-17-22)29-24-25(31)30-20(2)27(3,4)32-26(24)30/h5-18,24,26,29H,2H2,1,3-4H3/t24-,26-/m1/s1. The van der Waals surface area contributed by atoms with Crippen LogP contribution in [0.2, 0.25) is 0 Å². The van der Waals surface area contributed by atoms with Crippen LogP contribution in [0.5, 0.6) is 0 Å². The molecule has 162 valence electrons. The summed E-state index contributed by atoms with van der Waals surface area (Å²) < 4.78 is -0.151. The largest absolute Gasteiger partial charge is 0.299 e. The Kier molecular flexibility index (Phi) is 5.03. The van der Waals surface area contributed by atoms with Gasteiger partial charge in [-0.05, 0) is 43.0 Å². The number of rotatable bonds is 5. The van der Waals surface area contributed by atoms with Gasteiger partial charge in [0.2, 0.25) is 5.91 Å². The van der Waals surface area contributed by atoms with Gasteiger partial charge in [0.25, 0.3) is 0 Å². The maximum absolute atomic E-state index is 13.4. The predicted molar refractivity (Wildman–Crippen MR) is 132 cm³/mol. The number of aryl methyl sites for hydroxylation is 1. The fourth-order valence-electron chi connectivity index (χ4n) is 4.99. The molecule has 0 bridgehead atoms. The fraction of sp³-hybridized carbons (Fsp3) is 0.250. The van der Waals surface area contributed by atoms with Crippen molar-refractivity contribution in [1.29, 1.82) is 0 Å². The van der Waals surface area contributed by atoms with Crippen LogP contribution in [0.1, 0.15) is 36.1 Å². The second-order valence-electron chi connectivity index (χ2n) is 9.09. The molecule has 0 aliphatic carbocycles. The van der Waals surface area contributed by atoms with E-state index in [9.17, 15) is 4.79 Å². The smallest absolute Gasteiger partial charge is 0.248 e. The van der Waals surface area contributed by atoms with Gasteiger partial charge in [-0.2, -0.15) is 0 Å². The van der Waals surface area contributed by atoms with Crippen molar-refractivity contribution in [2.24, 2.45) is 0 Å². The lowest BCUT2D eigenvalue weighted by Crippen LogP contribution is -2.69. The van der Waals surface area contributed by atoms with E-state index in [0.29, 0.717) is 0 Å². The molecule has 3 aromatic carbocycles. The van der Waals surface area contributed by atoms with Crippen molar-refractivity contribution < 1.29 is 4.79 Å². The maximum atomic E-state index is 13.4. The molecule has 2 saturated heterocycles. The second-order valence-corrected chi connectivity index (χ2v) is 10.8. The van der Waals surface area contributed by atoms with Gasteiger partial charge in [-0.15, -0.1) is 11.8 Å². The minimum Gasteiger partial charge on any atom is -0.299 e. The molecule has 2 atom stereocenters. The highest BCUT2D eigenvalue weighted by Crippen LogP contribution is 2.53. The van der Waals surface area contributed by atoms with Crippen molar-refractivity contribution in [2.45, 2.75) is 42.5 Å². The number of β-lactam (4-membered cyclic amide) rings is 1. The molecule has 2 aliphatic rings. The zero-order chi connectivity index (χ0) is 22.5. The van der Waals surface area contributed by atoms with Gasteiger partial charge in [-0.25, -0.2) is 0 Å². The highest BCUT2D eigenvalue weighted by Gasteiger charge is 2.60. The van der Waals surface area contributed by atoms with E-state index in [1.54, 1.807) is 0 Å². The first-order valence-electron chi connectivity index (χ1n) is 11.0. The molecule has 1 amide bonds. The SMILES string of the molecule is C=C1N2C(=O)[C@@H](NC(c3ccccc3)(c3ccccc3)c3ccccc3C)[C@H]2SC1(C)C. The normalized spacial score (nSPS) is 21.9. The van der Waals surface area contributed by atoms with Crippen molar-refractivity contribution in [3.8, 4) is 0 Å². The lowest BCUT2D eigenvalue weighted by Gasteiger charge is -2.48. The van der Waals surface area contributed by atoms with Gasteiger partial charge in [0.05, 0.1) is 10.3 Å². The molecule has 5 rings (SSSR count). The predicted octanol–water partition coefficient (Wildman–Crippen LogP) is 5.45. The third-order valence-corrected chi connectivity index (χ3v) is 8.33. The Morgan fingerprint density at radius 2 is 1.44 bits per heavy atom. The van der Waals surface area contributed by atoms with Crippen LogP contribution in [0.3, 0.4) is 0 Å². The zero-order valence-corrected chi connectivity index (χ0v) is 19.5. The molecule has 1 N–H and O–H groups in total. The number of nitrogens with one attached hydrogen (secondary N) is 1. The number of carbonyl (C=O) groups is 1. The summed E-state index contributed by atoms with van der Waals surface area (Å²) in [4.78, 5) is 15.3. The van der Waals surface area contributed by atoms with Crippen LogP contribution in [0.15, 0.2) is 97.2 Å². The van der Waals surface area contributed by atoms with Gasteiger partial charge in [-0.1, -0.05) is 91.5 Å². The Balaban J connectivity index is 1.70. The van der Waals surface area contributed by atoms with E-state index in [4.69, 9.17) is 0 Å². The van der Waals surface area contributed by atoms with Gasteiger partial charge in [0.1, 0.15) is 11.4 Å². The van der Waals surface area contributed by atoms with Crippen molar-refractivity contribution in [2.75, 3.05) is 0 Å². The number of hydrogen-bond acceptors (Lipinski definition) is 3. The molecule has 0 unspecified atom stereocenters. The Morgan fingerprint density at radius 3 is 2.00 bits per heavy atom. The number of carbonyl (C=O) groups excluding carboxylic acids is 1. The molecule has 0 spiro atoms. The third kappa shape index (κ3) is 3.05.